The predicted octanol–water partition coefficient (Wildman–Crippen LogP) is 6.77. The first-order chi connectivity index (χ1) is 19.2. The first-order valence-corrected chi connectivity index (χ1v) is 12.8. The molecule has 3 amide bonds. The second kappa shape index (κ2) is 9.86. The fourth-order valence-corrected chi connectivity index (χ4v) is 5.17. The molecule has 40 heavy (non-hydrogen) atoms. The standard InChI is InChI=1S/C30H24F4N4O2/c31-21-12-10-19(11-13-21)28-26-9-4-16-36(26)24-7-1-2-8-25(24)38(28)27(39)18-37(23-14-15-23)29(40)35-22-6-3-5-20(17-22)30(32,33)34/h1-13,16-17,23,28H,14-15,18H2,(H,35,40). The van der Waals surface area contributed by atoms with E-state index in [1.54, 1.807) is 17.0 Å². The summed E-state index contributed by atoms with van der Waals surface area (Å²) in [5, 5.41) is 2.53. The molecule has 0 radical (unpaired) electrons. The van der Waals surface area contributed by atoms with E-state index in [0.29, 0.717) is 24.1 Å². The van der Waals surface area contributed by atoms with Crippen LogP contribution in [0.15, 0.2) is 91.1 Å². The van der Waals surface area contributed by atoms with E-state index in [1.165, 1.54) is 29.2 Å². The van der Waals surface area contributed by atoms with Crippen molar-refractivity contribution in [3.8, 4) is 5.69 Å². The Labute approximate surface area is 227 Å². The molecular weight excluding hydrogens is 524 g/mol. The van der Waals surface area contributed by atoms with E-state index >= 15 is 0 Å². The predicted molar refractivity (Wildman–Crippen MR) is 142 cm³/mol. The summed E-state index contributed by atoms with van der Waals surface area (Å²) in [5.74, 6) is -0.778. The molecule has 1 N–H and O–H groups in total. The van der Waals surface area contributed by atoms with E-state index in [4.69, 9.17) is 0 Å². The van der Waals surface area contributed by atoms with Gasteiger partial charge in [0, 0.05) is 17.9 Å². The molecule has 1 aliphatic heterocycles. The van der Waals surface area contributed by atoms with E-state index in [9.17, 15) is 27.2 Å². The van der Waals surface area contributed by atoms with Gasteiger partial charge in [-0.2, -0.15) is 13.2 Å². The number of nitrogens with one attached hydrogen (secondary N) is 1. The lowest BCUT2D eigenvalue weighted by Gasteiger charge is -2.39. The summed E-state index contributed by atoms with van der Waals surface area (Å²) in [6.07, 6.45) is -1.29. The molecule has 2 heterocycles. The third-order valence-electron chi connectivity index (χ3n) is 7.17. The molecule has 0 spiro atoms. The first kappa shape index (κ1) is 25.7. The number of amides is 3. The Balaban J connectivity index is 1.33. The number of carbonyl (C=O) groups excluding carboxylic acids is 2. The second-order valence-corrected chi connectivity index (χ2v) is 9.88. The van der Waals surface area contributed by atoms with Crippen LogP contribution in [-0.4, -0.2) is 34.0 Å². The van der Waals surface area contributed by atoms with E-state index in [-0.39, 0.29) is 24.2 Å². The van der Waals surface area contributed by atoms with Gasteiger partial charge in [-0.25, -0.2) is 9.18 Å². The Kier molecular flexibility index (Phi) is 6.32. The van der Waals surface area contributed by atoms with Crippen molar-refractivity contribution in [2.24, 2.45) is 0 Å². The monoisotopic (exact) mass is 548 g/mol. The fraction of sp³-hybridized carbons (Fsp3) is 0.200. The fourth-order valence-electron chi connectivity index (χ4n) is 5.17. The Morgan fingerprint density at radius 2 is 1.62 bits per heavy atom. The Morgan fingerprint density at radius 3 is 2.33 bits per heavy atom. The molecule has 0 saturated heterocycles. The Bertz CT molecular complexity index is 1580. The maximum atomic E-state index is 14.1. The van der Waals surface area contributed by atoms with Crippen LogP contribution in [0.2, 0.25) is 0 Å². The topological polar surface area (TPSA) is 57.6 Å². The summed E-state index contributed by atoms with van der Waals surface area (Å²) in [5.41, 5.74) is 2.00. The highest BCUT2D eigenvalue weighted by atomic mass is 19.4. The average molecular weight is 549 g/mol. The molecule has 1 fully saturated rings. The summed E-state index contributed by atoms with van der Waals surface area (Å²) < 4.78 is 55.3. The normalized spacial score (nSPS) is 16.2. The number of fused-ring (bicyclic) bond motifs is 3. The van der Waals surface area contributed by atoms with Gasteiger partial charge in [0.15, 0.2) is 0 Å². The van der Waals surface area contributed by atoms with Gasteiger partial charge in [0.2, 0.25) is 5.91 Å². The second-order valence-electron chi connectivity index (χ2n) is 9.88. The van der Waals surface area contributed by atoms with Crippen LogP contribution in [0.4, 0.5) is 33.7 Å². The van der Waals surface area contributed by atoms with E-state index in [2.05, 4.69) is 5.32 Å². The zero-order valence-corrected chi connectivity index (χ0v) is 21.1. The number of aromatic nitrogens is 1. The Hall–Kier alpha value is -4.60. The molecule has 6 nitrogen and oxygen atoms in total. The lowest BCUT2D eigenvalue weighted by molar-refractivity contribution is -0.137. The first-order valence-electron chi connectivity index (χ1n) is 12.8. The maximum Gasteiger partial charge on any atom is 0.416 e. The molecule has 10 heteroatoms. The van der Waals surface area contributed by atoms with Crippen LogP contribution >= 0.6 is 0 Å². The number of urea groups is 1. The van der Waals surface area contributed by atoms with Crippen molar-refractivity contribution in [2.45, 2.75) is 31.1 Å². The molecule has 2 aliphatic rings. The number of benzene rings is 3. The summed E-state index contributed by atoms with van der Waals surface area (Å²) >= 11 is 0. The average Bonchev–Trinajstić information content (AvgIpc) is 3.66. The van der Waals surface area contributed by atoms with Crippen LogP contribution in [-0.2, 0) is 11.0 Å². The third kappa shape index (κ3) is 4.81. The molecule has 204 valence electrons. The van der Waals surface area contributed by atoms with Crippen LogP contribution in [0.3, 0.4) is 0 Å². The quantitative estimate of drug-likeness (QED) is 0.280. The van der Waals surface area contributed by atoms with Crippen LogP contribution in [0, 0.1) is 5.82 Å². The van der Waals surface area contributed by atoms with Gasteiger partial charge in [-0.1, -0.05) is 30.3 Å². The van der Waals surface area contributed by atoms with Gasteiger partial charge in [0.05, 0.1) is 22.6 Å². The van der Waals surface area contributed by atoms with Crippen LogP contribution < -0.4 is 10.2 Å². The van der Waals surface area contributed by atoms with Crippen LogP contribution in [0.1, 0.15) is 35.7 Å². The highest BCUT2D eigenvalue weighted by Gasteiger charge is 2.40. The lowest BCUT2D eigenvalue weighted by Crippen LogP contribution is -2.48. The van der Waals surface area contributed by atoms with Gasteiger partial charge < -0.3 is 14.8 Å². The van der Waals surface area contributed by atoms with E-state index in [1.807, 2.05) is 47.2 Å². The maximum absolute atomic E-state index is 14.1. The minimum Gasteiger partial charge on any atom is -0.316 e. The van der Waals surface area contributed by atoms with Gasteiger partial charge in [0.1, 0.15) is 18.4 Å². The number of rotatable bonds is 5. The molecule has 3 aromatic carbocycles. The minimum atomic E-state index is -4.55. The van der Waals surface area contributed by atoms with Crippen molar-refractivity contribution in [3.05, 3.63) is 114 Å². The molecule has 1 atom stereocenters. The van der Waals surface area contributed by atoms with E-state index < -0.39 is 29.6 Å². The number of carbonyl (C=O) groups is 2. The molecule has 0 bridgehead atoms. The van der Waals surface area contributed by atoms with Crippen LogP contribution in [0.5, 0.6) is 0 Å². The summed E-state index contributed by atoms with van der Waals surface area (Å²) in [6.45, 7) is -0.289. The largest absolute Gasteiger partial charge is 0.416 e. The summed E-state index contributed by atoms with van der Waals surface area (Å²) in [6, 6.07) is 20.0. The van der Waals surface area contributed by atoms with Crippen molar-refractivity contribution in [1.82, 2.24) is 9.47 Å². The van der Waals surface area contributed by atoms with Crippen molar-refractivity contribution in [3.63, 3.8) is 0 Å². The molecule has 4 aromatic rings. The number of hydrogen-bond acceptors (Lipinski definition) is 2. The van der Waals surface area contributed by atoms with Gasteiger partial charge >= 0.3 is 12.2 Å². The molecular formula is C30H24F4N4O2. The molecule has 6 rings (SSSR count). The molecule has 1 unspecified atom stereocenters. The lowest BCUT2D eigenvalue weighted by atomic mass is 9.97. The Morgan fingerprint density at radius 1 is 0.900 bits per heavy atom. The van der Waals surface area contributed by atoms with Gasteiger partial charge in [0.25, 0.3) is 0 Å². The minimum absolute atomic E-state index is 0.0109. The number of alkyl halides is 3. The van der Waals surface area contributed by atoms with Crippen molar-refractivity contribution < 1.29 is 27.2 Å². The number of halogens is 4. The number of para-hydroxylation sites is 2. The summed E-state index contributed by atoms with van der Waals surface area (Å²) in [7, 11) is 0. The van der Waals surface area contributed by atoms with Crippen molar-refractivity contribution in [1.29, 1.82) is 0 Å². The van der Waals surface area contributed by atoms with Gasteiger partial charge in [-0.05, 0) is 73.0 Å². The number of anilines is 2. The SMILES string of the molecule is O=C(Nc1cccc(C(F)(F)F)c1)N(CC(=O)N1c2ccccc2-n2cccc2C1c1ccc(F)cc1)C1CC1. The number of hydrogen-bond donors (Lipinski definition) is 1. The molecule has 1 saturated carbocycles. The van der Waals surface area contributed by atoms with Crippen LogP contribution in [0.25, 0.3) is 5.69 Å². The zero-order valence-electron chi connectivity index (χ0n) is 21.1. The smallest absolute Gasteiger partial charge is 0.316 e. The van der Waals surface area contributed by atoms with E-state index in [0.717, 1.165) is 23.5 Å². The molecule has 1 aliphatic carbocycles. The van der Waals surface area contributed by atoms with Gasteiger partial charge in [-0.15, -0.1) is 0 Å². The highest BCUT2D eigenvalue weighted by Crippen LogP contribution is 2.42. The molecule has 1 aromatic heterocycles. The van der Waals surface area contributed by atoms with Crippen molar-refractivity contribution >= 4 is 23.3 Å². The number of nitrogens with zero attached hydrogens (tertiary/aromatic N) is 3. The third-order valence-corrected chi connectivity index (χ3v) is 7.17. The van der Waals surface area contributed by atoms with Gasteiger partial charge in [-0.3, -0.25) is 9.69 Å². The highest BCUT2D eigenvalue weighted by molar-refractivity contribution is 6.01. The summed E-state index contributed by atoms with van der Waals surface area (Å²) in [4.78, 5) is 30.4. The van der Waals surface area contributed by atoms with Crippen molar-refractivity contribution in [2.75, 3.05) is 16.8 Å². The zero-order chi connectivity index (χ0) is 28.0.